The van der Waals surface area contributed by atoms with E-state index < -0.39 is 0 Å². The molecule has 140 valence electrons. The Morgan fingerprint density at radius 1 is 1.42 bits per heavy atom. The van der Waals surface area contributed by atoms with Crippen LogP contribution in [-0.2, 0) is 18.2 Å². The molecule has 0 radical (unpaired) electrons. The first-order valence-electron chi connectivity index (χ1n) is 9.16. The van der Waals surface area contributed by atoms with E-state index in [1.165, 1.54) is 5.56 Å². The van der Waals surface area contributed by atoms with E-state index in [0.717, 1.165) is 43.9 Å². The minimum Gasteiger partial charge on any atom is -0.370 e. The molecule has 1 aliphatic heterocycles. The molecule has 1 aromatic carbocycles. The van der Waals surface area contributed by atoms with Crippen molar-refractivity contribution in [2.45, 2.75) is 18.9 Å². The van der Waals surface area contributed by atoms with Crippen molar-refractivity contribution in [2.75, 3.05) is 33.8 Å². The lowest BCUT2D eigenvalue weighted by molar-refractivity contribution is 0.0811. The van der Waals surface area contributed by atoms with E-state index >= 15 is 0 Å². The first-order valence-corrected chi connectivity index (χ1v) is 9.16. The summed E-state index contributed by atoms with van der Waals surface area (Å²) in [5, 5.41) is 3.55. The predicted octanol–water partition coefficient (Wildman–Crippen LogP) is 2.03. The van der Waals surface area contributed by atoms with Crippen LogP contribution in [0.2, 0.25) is 0 Å². The Bertz CT molecular complexity index is 741. The lowest BCUT2D eigenvalue weighted by atomic mass is 10.0. The maximum absolute atomic E-state index is 12.1. The maximum Gasteiger partial charge on any atom is 0.253 e. The van der Waals surface area contributed by atoms with Gasteiger partial charge < -0.3 is 19.5 Å². The summed E-state index contributed by atoms with van der Waals surface area (Å²) in [6.45, 7) is 2.58. The third-order valence-electron chi connectivity index (χ3n) is 4.90. The van der Waals surface area contributed by atoms with Crippen molar-refractivity contribution in [1.82, 2.24) is 19.8 Å². The van der Waals surface area contributed by atoms with Crippen LogP contribution in [0.1, 0.15) is 34.3 Å². The third kappa shape index (κ3) is 4.31. The zero-order valence-electron chi connectivity index (χ0n) is 15.8. The second kappa shape index (κ2) is 8.47. The summed E-state index contributed by atoms with van der Waals surface area (Å²) in [7, 11) is 5.56. The smallest absolute Gasteiger partial charge is 0.253 e. The quantitative estimate of drug-likeness (QED) is 0.771. The molecule has 1 amide bonds. The SMILES string of the molecule is CN(C)C(=O)c1cccc(CCNC[C@@H]2CCO[C@H]2c2nccn2C)c1. The average molecular weight is 356 g/mol. The molecule has 1 aliphatic rings. The monoisotopic (exact) mass is 356 g/mol. The number of benzene rings is 1. The molecular weight excluding hydrogens is 328 g/mol. The van der Waals surface area contributed by atoms with E-state index in [1.807, 2.05) is 42.2 Å². The molecule has 0 bridgehead atoms. The first-order chi connectivity index (χ1) is 12.6. The molecule has 0 spiro atoms. The van der Waals surface area contributed by atoms with E-state index in [1.54, 1.807) is 19.0 Å². The van der Waals surface area contributed by atoms with Gasteiger partial charge in [0.25, 0.3) is 5.91 Å². The zero-order valence-corrected chi connectivity index (χ0v) is 15.8. The van der Waals surface area contributed by atoms with Crippen LogP contribution in [0, 0.1) is 5.92 Å². The average Bonchev–Trinajstić information content (AvgIpc) is 3.26. The Hall–Kier alpha value is -2.18. The maximum atomic E-state index is 12.1. The van der Waals surface area contributed by atoms with Gasteiger partial charge in [-0.3, -0.25) is 4.79 Å². The van der Waals surface area contributed by atoms with Crippen LogP contribution < -0.4 is 5.32 Å². The molecule has 1 fully saturated rings. The van der Waals surface area contributed by atoms with Gasteiger partial charge >= 0.3 is 0 Å². The molecule has 6 nitrogen and oxygen atoms in total. The van der Waals surface area contributed by atoms with Gasteiger partial charge in [0.15, 0.2) is 0 Å². The summed E-state index contributed by atoms with van der Waals surface area (Å²) in [4.78, 5) is 18.1. The van der Waals surface area contributed by atoms with Gasteiger partial charge in [-0.2, -0.15) is 0 Å². The Kier molecular flexibility index (Phi) is 6.06. The number of nitrogens with one attached hydrogen (secondary N) is 1. The minimum absolute atomic E-state index is 0.0424. The van der Waals surface area contributed by atoms with E-state index in [0.29, 0.717) is 5.92 Å². The summed E-state index contributed by atoms with van der Waals surface area (Å²) in [5.41, 5.74) is 1.92. The van der Waals surface area contributed by atoms with Crippen molar-refractivity contribution in [2.24, 2.45) is 13.0 Å². The first kappa shape index (κ1) is 18.6. The van der Waals surface area contributed by atoms with E-state index in [9.17, 15) is 4.79 Å². The molecule has 2 heterocycles. The van der Waals surface area contributed by atoms with E-state index in [2.05, 4.69) is 16.4 Å². The highest BCUT2D eigenvalue weighted by molar-refractivity contribution is 5.94. The summed E-state index contributed by atoms with van der Waals surface area (Å²) >= 11 is 0. The van der Waals surface area contributed by atoms with Crippen LogP contribution in [-0.4, -0.2) is 54.1 Å². The number of hydrogen-bond acceptors (Lipinski definition) is 4. The van der Waals surface area contributed by atoms with Crippen molar-refractivity contribution in [3.05, 3.63) is 53.6 Å². The van der Waals surface area contributed by atoms with Crippen LogP contribution in [0.15, 0.2) is 36.7 Å². The normalized spacial score (nSPS) is 19.7. The summed E-state index contributed by atoms with van der Waals surface area (Å²) < 4.78 is 7.94. The largest absolute Gasteiger partial charge is 0.370 e. The molecule has 1 N–H and O–H groups in total. The molecule has 6 heteroatoms. The lowest BCUT2D eigenvalue weighted by Crippen LogP contribution is -2.27. The van der Waals surface area contributed by atoms with E-state index in [4.69, 9.17) is 4.74 Å². The van der Waals surface area contributed by atoms with Gasteiger partial charge in [0.2, 0.25) is 0 Å². The predicted molar refractivity (Wildman–Crippen MR) is 101 cm³/mol. The molecule has 0 unspecified atom stereocenters. The van der Waals surface area contributed by atoms with Crippen molar-refractivity contribution < 1.29 is 9.53 Å². The Labute approximate surface area is 155 Å². The number of imidazole rings is 1. The van der Waals surface area contributed by atoms with Crippen molar-refractivity contribution in [3.8, 4) is 0 Å². The Balaban J connectivity index is 1.49. The molecule has 2 atom stereocenters. The van der Waals surface area contributed by atoms with Gasteiger partial charge in [0, 0.05) is 58.2 Å². The molecule has 1 saturated heterocycles. The number of aromatic nitrogens is 2. The molecule has 1 aromatic heterocycles. The number of hydrogen-bond donors (Lipinski definition) is 1. The van der Waals surface area contributed by atoms with E-state index in [-0.39, 0.29) is 12.0 Å². The number of ether oxygens (including phenoxy) is 1. The lowest BCUT2D eigenvalue weighted by Gasteiger charge is -2.19. The fraction of sp³-hybridized carbons (Fsp3) is 0.500. The highest BCUT2D eigenvalue weighted by Gasteiger charge is 2.31. The van der Waals surface area contributed by atoms with Crippen molar-refractivity contribution >= 4 is 5.91 Å². The van der Waals surface area contributed by atoms with Gasteiger partial charge in [0.05, 0.1) is 0 Å². The minimum atomic E-state index is 0.0424. The second-order valence-electron chi connectivity index (χ2n) is 7.09. The molecular formula is C20H28N4O2. The summed E-state index contributed by atoms with van der Waals surface area (Å²) in [6, 6.07) is 7.88. The van der Waals surface area contributed by atoms with Crippen LogP contribution in [0.25, 0.3) is 0 Å². The number of carbonyl (C=O) groups excluding carboxylic acids is 1. The molecule has 2 aromatic rings. The van der Waals surface area contributed by atoms with Crippen molar-refractivity contribution in [1.29, 1.82) is 0 Å². The Morgan fingerprint density at radius 2 is 2.27 bits per heavy atom. The van der Waals surface area contributed by atoms with Gasteiger partial charge in [-0.25, -0.2) is 4.98 Å². The number of carbonyl (C=O) groups is 1. The molecule has 26 heavy (non-hydrogen) atoms. The van der Waals surface area contributed by atoms with Crippen LogP contribution in [0.5, 0.6) is 0 Å². The fourth-order valence-electron chi connectivity index (χ4n) is 3.42. The number of amides is 1. The topological polar surface area (TPSA) is 59.4 Å². The molecule has 0 aliphatic carbocycles. The van der Waals surface area contributed by atoms with Gasteiger partial charge in [-0.1, -0.05) is 12.1 Å². The van der Waals surface area contributed by atoms with Crippen molar-refractivity contribution in [3.63, 3.8) is 0 Å². The van der Waals surface area contributed by atoms with Crippen LogP contribution in [0.4, 0.5) is 0 Å². The highest BCUT2D eigenvalue weighted by Crippen LogP contribution is 2.32. The number of rotatable bonds is 7. The zero-order chi connectivity index (χ0) is 18.5. The van der Waals surface area contributed by atoms with Gasteiger partial charge in [-0.05, 0) is 37.1 Å². The summed E-state index contributed by atoms with van der Waals surface area (Å²) in [5.74, 6) is 1.49. The summed E-state index contributed by atoms with van der Waals surface area (Å²) in [6.07, 6.45) is 5.81. The van der Waals surface area contributed by atoms with Crippen LogP contribution >= 0.6 is 0 Å². The molecule has 3 rings (SSSR count). The number of nitrogens with zero attached hydrogens (tertiary/aromatic N) is 3. The van der Waals surface area contributed by atoms with Gasteiger partial charge in [-0.15, -0.1) is 0 Å². The standard InChI is InChI=1S/C20H28N4O2/c1-23(2)20(25)16-6-4-5-15(13-16)7-9-21-14-17-8-12-26-18(17)19-22-10-11-24(19)3/h4-6,10-11,13,17-18,21H,7-9,12,14H2,1-3H3/t17-,18+/m0/s1. The number of aryl methyl sites for hydroxylation is 1. The Morgan fingerprint density at radius 3 is 3.00 bits per heavy atom. The van der Waals surface area contributed by atoms with Gasteiger partial charge in [0.1, 0.15) is 11.9 Å². The van der Waals surface area contributed by atoms with Crippen LogP contribution in [0.3, 0.4) is 0 Å². The fourth-order valence-corrected chi connectivity index (χ4v) is 3.42. The molecule has 0 saturated carbocycles. The third-order valence-corrected chi connectivity index (χ3v) is 4.90. The highest BCUT2D eigenvalue weighted by atomic mass is 16.5. The second-order valence-corrected chi connectivity index (χ2v) is 7.09.